The second kappa shape index (κ2) is 8.07. The molecule has 1 aliphatic heterocycles. The van der Waals surface area contributed by atoms with E-state index < -0.39 is 11.4 Å². The van der Waals surface area contributed by atoms with Gasteiger partial charge in [0.25, 0.3) is 5.91 Å². The summed E-state index contributed by atoms with van der Waals surface area (Å²) in [5.74, 6) is -0.476. The molecule has 2 N–H and O–H groups in total. The van der Waals surface area contributed by atoms with Crippen molar-refractivity contribution in [2.24, 2.45) is 5.41 Å². The summed E-state index contributed by atoms with van der Waals surface area (Å²) in [5.41, 5.74) is -0.0577. The van der Waals surface area contributed by atoms with Gasteiger partial charge >= 0.3 is 12.0 Å². The lowest BCUT2D eigenvalue weighted by Crippen LogP contribution is -2.40. The molecule has 1 fully saturated rings. The third-order valence-electron chi connectivity index (χ3n) is 4.48. The van der Waals surface area contributed by atoms with E-state index in [-0.39, 0.29) is 31.6 Å². The minimum absolute atomic E-state index is 0.0512. The highest BCUT2D eigenvalue weighted by Crippen LogP contribution is 2.30. The van der Waals surface area contributed by atoms with Gasteiger partial charge in [0, 0.05) is 33.7 Å². The Labute approximate surface area is 152 Å². The number of hydrogen-bond donors (Lipinski definition) is 2. The first kappa shape index (κ1) is 19.6. The zero-order chi connectivity index (χ0) is 19.3. The van der Waals surface area contributed by atoms with Crippen LogP contribution in [0.3, 0.4) is 0 Å². The maximum absolute atomic E-state index is 12.2. The summed E-state index contributed by atoms with van der Waals surface area (Å²) >= 11 is 0. The van der Waals surface area contributed by atoms with E-state index in [1.807, 2.05) is 6.07 Å². The van der Waals surface area contributed by atoms with Crippen LogP contribution < -0.4 is 10.1 Å². The quantitative estimate of drug-likeness (QED) is 0.790. The number of carboxylic acid groups (broad SMARTS) is 1. The number of benzene rings is 1. The van der Waals surface area contributed by atoms with Crippen LogP contribution in [0.4, 0.5) is 4.79 Å². The van der Waals surface area contributed by atoms with Crippen LogP contribution in [-0.4, -0.2) is 66.6 Å². The van der Waals surface area contributed by atoms with Crippen molar-refractivity contribution in [3.05, 3.63) is 29.8 Å². The molecule has 1 heterocycles. The van der Waals surface area contributed by atoms with Crippen LogP contribution >= 0.6 is 0 Å². The van der Waals surface area contributed by atoms with E-state index >= 15 is 0 Å². The first-order valence-corrected chi connectivity index (χ1v) is 8.39. The molecular formula is C18H25N3O5. The zero-order valence-corrected chi connectivity index (χ0v) is 15.3. The van der Waals surface area contributed by atoms with Crippen LogP contribution in [0, 0.1) is 5.41 Å². The number of carboxylic acids is 1. The predicted molar refractivity (Wildman–Crippen MR) is 94.8 cm³/mol. The minimum atomic E-state index is -0.885. The Hall–Kier alpha value is -2.77. The Kier molecular flexibility index (Phi) is 6.07. The van der Waals surface area contributed by atoms with Gasteiger partial charge < -0.3 is 25.0 Å². The molecule has 1 atom stereocenters. The molecule has 0 bridgehead atoms. The lowest BCUT2D eigenvalue weighted by atomic mass is 9.90. The first-order chi connectivity index (χ1) is 12.2. The molecule has 1 aromatic rings. The third kappa shape index (κ3) is 4.87. The number of likely N-dealkylation sites (N-methyl/N-ethyl adjacent to an activating group) is 1. The average molecular weight is 363 g/mol. The van der Waals surface area contributed by atoms with Crippen molar-refractivity contribution in [2.45, 2.75) is 19.9 Å². The van der Waals surface area contributed by atoms with Crippen molar-refractivity contribution in [1.82, 2.24) is 15.1 Å². The fourth-order valence-electron chi connectivity index (χ4n) is 2.62. The van der Waals surface area contributed by atoms with Crippen LogP contribution in [0.1, 0.15) is 18.9 Å². The van der Waals surface area contributed by atoms with Gasteiger partial charge in [-0.05, 0) is 31.0 Å². The second-order valence-electron chi connectivity index (χ2n) is 6.92. The third-order valence-corrected chi connectivity index (χ3v) is 4.48. The highest BCUT2D eigenvalue weighted by Gasteiger charge is 2.42. The first-order valence-electron chi connectivity index (χ1n) is 8.39. The van der Waals surface area contributed by atoms with Gasteiger partial charge in [-0.15, -0.1) is 0 Å². The second-order valence-corrected chi connectivity index (χ2v) is 6.92. The Morgan fingerprint density at radius 2 is 2.08 bits per heavy atom. The summed E-state index contributed by atoms with van der Waals surface area (Å²) < 4.78 is 5.45. The summed E-state index contributed by atoms with van der Waals surface area (Å²) in [6, 6.07) is 6.84. The van der Waals surface area contributed by atoms with Crippen molar-refractivity contribution >= 4 is 17.9 Å². The normalized spacial score (nSPS) is 19.1. The van der Waals surface area contributed by atoms with Crippen LogP contribution in [0.15, 0.2) is 24.3 Å². The maximum atomic E-state index is 12.2. The average Bonchev–Trinajstić information content (AvgIpc) is 3.01. The number of urea groups is 1. The Balaban J connectivity index is 1.86. The summed E-state index contributed by atoms with van der Waals surface area (Å²) in [4.78, 5) is 38.0. The molecular weight excluding hydrogens is 338 g/mol. The van der Waals surface area contributed by atoms with Gasteiger partial charge in [0.15, 0.2) is 6.61 Å². The van der Waals surface area contributed by atoms with Gasteiger partial charge in [0.05, 0.1) is 5.41 Å². The van der Waals surface area contributed by atoms with Crippen LogP contribution in [-0.2, 0) is 16.1 Å². The van der Waals surface area contributed by atoms with E-state index in [4.69, 9.17) is 4.74 Å². The Morgan fingerprint density at radius 3 is 2.69 bits per heavy atom. The summed E-state index contributed by atoms with van der Waals surface area (Å²) in [5, 5.41) is 12.0. The molecule has 2 rings (SSSR count). The van der Waals surface area contributed by atoms with Crippen LogP contribution in [0.25, 0.3) is 0 Å². The highest BCUT2D eigenvalue weighted by molar-refractivity contribution is 5.79. The van der Waals surface area contributed by atoms with E-state index in [0.29, 0.717) is 18.7 Å². The van der Waals surface area contributed by atoms with E-state index in [1.54, 1.807) is 39.2 Å². The van der Waals surface area contributed by atoms with Crippen molar-refractivity contribution in [2.75, 3.05) is 33.8 Å². The largest absolute Gasteiger partial charge is 0.484 e. The highest BCUT2D eigenvalue weighted by atomic mass is 16.5. The molecule has 1 unspecified atom stereocenters. The lowest BCUT2D eigenvalue weighted by molar-refractivity contribution is -0.147. The van der Waals surface area contributed by atoms with Crippen molar-refractivity contribution in [3.8, 4) is 5.75 Å². The number of hydrogen-bond acceptors (Lipinski definition) is 4. The van der Waals surface area contributed by atoms with Crippen molar-refractivity contribution in [1.29, 1.82) is 0 Å². The van der Waals surface area contributed by atoms with Crippen LogP contribution in [0.5, 0.6) is 5.75 Å². The van der Waals surface area contributed by atoms with Gasteiger partial charge in [0.2, 0.25) is 0 Å². The number of aliphatic carboxylic acids is 1. The topological polar surface area (TPSA) is 99.2 Å². The fraction of sp³-hybridized carbons (Fsp3) is 0.500. The van der Waals surface area contributed by atoms with Crippen molar-refractivity contribution in [3.63, 3.8) is 0 Å². The lowest BCUT2D eigenvalue weighted by Gasteiger charge is -2.20. The van der Waals surface area contributed by atoms with Gasteiger partial charge in [-0.25, -0.2) is 4.79 Å². The standard InChI is InChI=1S/C18H25N3O5/c1-18(16(23)24)7-8-21(12-18)17(25)19-10-13-5-4-6-14(9-13)26-11-15(22)20(2)3/h4-6,9H,7-8,10-12H2,1-3H3,(H,19,25)(H,23,24). The zero-order valence-electron chi connectivity index (χ0n) is 15.3. The molecule has 1 aliphatic rings. The van der Waals surface area contributed by atoms with Crippen molar-refractivity contribution < 1.29 is 24.2 Å². The molecule has 3 amide bonds. The molecule has 0 radical (unpaired) electrons. The molecule has 0 saturated carbocycles. The smallest absolute Gasteiger partial charge is 0.317 e. The molecule has 142 valence electrons. The van der Waals surface area contributed by atoms with Gasteiger partial charge in [-0.3, -0.25) is 9.59 Å². The molecule has 0 aromatic heterocycles. The Bertz CT molecular complexity index is 691. The SMILES string of the molecule is CN(C)C(=O)COc1cccc(CNC(=O)N2CCC(C)(C(=O)O)C2)c1. The van der Waals surface area contributed by atoms with Crippen LogP contribution in [0.2, 0.25) is 0 Å². The van der Waals surface area contributed by atoms with E-state index in [9.17, 15) is 19.5 Å². The molecule has 1 aromatic carbocycles. The summed E-state index contributed by atoms with van der Waals surface area (Å²) in [7, 11) is 3.32. The predicted octanol–water partition coefficient (Wildman–Crippen LogP) is 1.16. The number of likely N-dealkylation sites (tertiary alicyclic amines) is 1. The molecule has 0 spiro atoms. The van der Waals surface area contributed by atoms with Gasteiger partial charge in [-0.1, -0.05) is 12.1 Å². The summed E-state index contributed by atoms with van der Waals surface area (Å²) in [6.45, 7) is 2.51. The molecule has 8 heteroatoms. The Morgan fingerprint density at radius 1 is 1.35 bits per heavy atom. The number of nitrogens with zero attached hydrogens (tertiary/aromatic N) is 2. The van der Waals surface area contributed by atoms with Gasteiger partial charge in [0.1, 0.15) is 5.75 Å². The molecule has 0 aliphatic carbocycles. The number of ether oxygens (including phenoxy) is 1. The number of carbonyl (C=O) groups excluding carboxylic acids is 2. The summed E-state index contributed by atoms with van der Waals surface area (Å²) in [6.07, 6.45) is 0.443. The fourth-order valence-corrected chi connectivity index (χ4v) is 2.62. The number of amides is 3. The number of rotatable bonds is 6. The molecule has 1 saturated heterocycles. The maximum Gasteiger partial charge on any atom is 0.317 e. The molecule has 26 heavy (non-hydrogen) atoms. The number of carbonyl (C=O) groups is 3. The van der Waals surface area contributed by atoms with E-state index in [1.165, 1.54) is 9.80 Å². The monoisotopic (exact) mass is 363 g/mol. The molecule has 8 nitrogen and oxygen atoms in total. The van der Waals surface area contributed by atoms with E-state index in [2.05, 4.69) is 5.32 Å². The number of nitrogens with one attached hydrogen (secondary N) is 1. The van der Waals surface area contributed by atoms with E-state index in [0.717, 1.165) is 5.56 Å². The minimum Gasteiger partial charge on any atom is -0.484 e. The van der Waals surface area contributed by atoms with Gasteiger partial charge in [-0.2, -0.15) is 0 Å².